The van der Waals surface area contributed by atoms with Crippen molar-refractivity contribution in [1.82, 2.24) is 0 Å². The number of piperidine rings is 1. The first kappa shape index (κ1) is 12.9. The molecule has 0 bridgehead atoms. The van der Waals surface area contributed by atoms with E-state index in [2.05, 4.69) is 11.0 Å². The summed E-state index contributed by atoms with van der Waals surface area (Å²) in [5.41, 5.74) is 1.41. The molecule has 0 amide bonds. The first-order valence-corrected chi connectivity index (χ1v) is 6.45. The molecule has 1 aromatic rings. The number of benzene rings is 1. The van der Waals surface area contributed by atoms with E-state index in [1.54, 1.807) is 13.0 Å². The first-order chi connectivity index (χ1) is 8.63. The summed E-state index contributed by atoms with van der Waals surface area (Å²) in [6.45, 7) is 3.26. The van der Waals surface area contributed by atoms with Crippen LogP contribution in [0.15, 0.2) is 18.2 Å². The summed E-state index contributed by atoms with van der Waals surface area (Å²) in [6, 6.07) is 7.65. The molecule has 1 aromatic carbocycles. The molecule has 94 valence electrons. The molecule has 0 radical (unpaired) electrons. The Labute approximate surface area is 112 Å². The van der Waals surface area contributed by atoms with Crippen molar-refractivity contribution in [3.63, 3.8) is 0 Å². The smallest absolute Gasteiger partial charge is 0.133 e. The number of hydrogen-bond donors (Lipinski definition) is 0. The van der Waals surface area contributed by atoms with Gasteiger partial charge in [-0.2, -0.15) is 5.26 Å². The van der Waals surface area contributed by atoms with Crippen LogP contribution in [0.1, 0.15) is 25.3 Å². The van der Waals surface area contributed by atoms with Crippen molar-refractivity contribution < 1.29 is 4.79 Å². The van der Waals surface area contributed by atoms with Gasteiger partial charge in [-0.25, -0.2) is 0 Å². The summed E-state index contributed by atoms with van der Waals surface area (Å²) in [6.07, 6.45) is 1.71. The van der Waals surface area contributed by atoms with Crippen LogP contribution in [0.4, 0.5) is 5.69 Å². The molecule has 0 spiro atoms. The lowest BCUT2D eigenvalue weighted by molar-refractivity contribution is -0.121. The van der Waals surface area contributed by atoms with E-state index in [1.165, 1.54) is 0 Å². The van der Waals surface area contributed by atoms with Gasteiger partial charge < -0.3 is 4.90 Å². The van der Waals surface area contributed by atoms with E-state index in [4.69, 9.17) is 16.9 Å². The van der Waals surface area contributed by atoms with Crippen LogP contribution >= 0.6 is 11.6 Å². The fraction of sp³-hybridized carbons (Fsp3) is 0.429. The molecular weight excluding hydrogens is 248 g/mol. The predicted molar refractivity (Wildman–Crippen MR) is 71.8 cm³/mol. The third-order valence-electron chi connectivity index (χ3n) is 3.51. The standard InChI is InChI=1S/C14H15ClN2O/c1-10(18)11-5-7-17(8-6-11)14-4-2-3-13(15)12(14)9-16/h2-4,11H,5-8H2,1H3. The summed E-state index contributed by atoms with van der Waals surface area (Å²) in [5.74, 6) is 0.437. The number of carbonyl (C=O) groups excluding carboxylic acids is 1. The monoisotopic (exact) mass is 262 g/mol. The van der Waals surface area contributed by atoms with E-state index in [-0.39, 0.29) is 11.7 Å². The molecule has 1 fully saturated rings. The van der Waals surface area contributed by atoms with Gasteiger partial charge in [-0.3, -0.25) is 4.79 Å². The predicted octanol–water partition coefficient (Wildman–Crippen LogP) is 3.02. The second kappa shape index (κ2) is 5.41. The van der Waals surface area contributed by atoms with E-state index in [0.717, 1.165) is 31.6 Å². The van der Waals surface area contributed by atoms with Crippen LogP contribution in [0.25, 0.3) is 0 Å². The van der Waals surface area contributed by atoms with Crippen LogP contribution in [0.5, 0.6) is 0 Å². The number of nitriles is 1. The average Bonchev–Trinajstić information content (AvgIpc) is 2.38. The highest BCUT2D eigenvalue weighted by molar-refractivity contribution is 6.32. The minimum absolute atomic E-state index is 0.172. The fourth-order valence-corrected chi connectivity index (χ4v) is 2.63. The molecule has 1 saturated heterocycles. The molecule has 0 saturated carbocycles. The van der Waals surface area contributed by atoms with Gasteiger partial charge in [0.1, 0.15) is 11.9 Å². The molecule has 3 nitrogen and oxygen atoms in total. The highest BCUT2D eigenvalue weighted by Crippen LogP contribution is 2.30. The van der Waals surface area contributed by atoms with E-state index in [0.29, 0.717) is 10.6 Å². The lowest BCUT2D eigenvalue weighted by atomic mass is 9.93. The van der Waals surface area contributed by atoms with Crippen LogP contribution in [-0.4, -0.2) is 18.9 Å². The molecule has 0 N–H and O–H groups in total. The number of carbonyl (C=O) groups is 1. The van der Waals surface area contributed by atoms with Crippen molar-refractivity contribution in [2.45, 2.75) is 19.8 Å². The SMILES string of the molecule is CC(=O)C1CCN(c2cccc(Cl)c2C#N)CC1. The zero-order valence-electron chi connectivity index (χ0n) is 10.3. The summed E-state index contributed by atoms with van der Waals surface area (Å²) in [7, 11) is 0. The number of nitrogens with zero attached hydrogens (tertiary/aromatic N) is 2. The van der Waals surface area contributed by atoms with E-state index in [9.17, 15) is 4.79 Å². The van der Waals surface area contributed by atoms with Gasteiger partial charge in [0.15, 0.2) is 0 Å². The van der Waals surface area contributed by atoms with Crippen molar-refractivity contribution >= 4 is 23.1 Å². The Bertz CT molecular complexity index is 499. The summed E-state index contributed by atoms with van der Waals surface area (Å²) >= 11 is 6.02. The van der Waals surface area contributed by atoms with Crippen molar-refractivity contribution in [2.75, 3.05) is 18.0 Å². The van der Waals surface area contributed by atoms with Gasteiger partial charge in [0, 0.05) is 19.0 Å². The van der Waals surface area contributed by atoms with Gasteiger partial charge in [-0.05, 0) is 31.9 Å². The Kier molecular flexibility index (Phi) is 3.88. The number of Topliss-reactive ketones (excluding diaryl/α,β-unsaturated/α-hetero) is 1. The van der Waals surface area contributed by atoms with Gasteiger partial charge in [-0.1, -0.05) is 17.7 Å². The summed E-state index contributed by atoms with van der Waals surface area (Å²) in [4.78, 5) is 13.5. The number of anilines is 1. The lowest BCUT2D eigenvalue weighted by Crippen LogP contribution is -2.36. The molecule has 1 aliphatic rings. The van der Waals surface area contributed by atoms with Gasteiger partial charge in [0.05, 0.1) is 16.3 Å². The van der Waals surface area contributed by atoms with E-state index >= 15 is 0 Å². The largest absolute Gasteiger partial charge is 0.370 e. The second-order valence-corrected chi connectivity index (χ2v) is 5.02. The highest BCUT2D eigenvalue weighted by atomic mass is 35.5. The Morgan fingerprint density at radius 2 is 2.11 bits per heavy atom. The topological polar surface area (TPSA) is 44.1 Å². The molecule has 1 heterocycles. The van der Waals surface area contributed by atoms with Gasteiger partial charge in [0.25, 0.3) is 0 Å². The maximum atomic E-state index is 11.3. The molecule has 2 rings (SSSR count). The van der Waals surface area contributed by atoms with E-state index in [1.807, 2.05) is 12.1 Å². The first-order valence-electron chi connectivity index (χ1n) is 6.07. The maximum absolute atomic E-state index is 11.3. The molecular formula is C14H15ClN2O. The average molecular weight is 263 g/mol. The minimum Gasteiger partial charge on any atom is -0.370 e. The molecule has 0 atom stereocenters. The Morgan fingerprint density at radius 3 is 2.67 bits per heavy atom. The summed E-state index contributed by atoms with van der Waals surface area (Å²) in [5, 5.41) is 9.64. The third-order valence-corrected chi connectivity index (χ3v) is 3.83. The molecule has 18 heavy (non-hydrogen) atoms. The number of halogens is 1. The van der Waals surface area contributed by atoms with Crippen LogP contribution < -0.4 is 4.90 Å². The van der Waals surface area contributed by atoms with Gasteiger partial charge in [0.2, 0.25) is 0 Å². The number of ketones is 1. The quantitative estimate of drug-likeness (QED) is 0.823. The van der Waals surface area contributed by atoms with Crippen LogP contribution in [-0.2, 0) is 4.79 Å². The zero-order chi connectivity index (χ0) is 13.1. The molecule has 0 aromatic heterocycles. The van der Waals surface area contributed by atoms with Crippen LogP contribution in [0, 0.1) is 17.2 Å². The van der Waals surface area contributed by atoms with Crippen LogP contribution in [0.2, 0.25) is 5.02 Å². The molecule has 1 aliphatic heterocycles. The maximum Gasteiger partial charge on any atom is 0.133 e. The Hall–Kier alpha value is -1.53. The molecule has 4 heteroatoms. The van der Waals surface area contributed by atoms with E-state index < -0.39 is 0 Å². The fourth-order valence-electron chi connectivity index (χ4n) is 2.41. The van der Waals surface area contributed by atoms with Gasteiger partial charge >= 0.3 is 0 Å². The number of rotatable bonds is 2. The van der Waals surface area contributed by atoms with Gasteiger partial charge in [-0.15, -0.1) is 0 Å². The van der Waals surface area contributed by atoms with Crippen molar-refractivity contribution in [3.05, 3.63) is 28.8 Å². The molecule has 0 unspecified atom stereocenters. The number of hydrogen-bond acceptors (Lipinski definition) is 3. The van der Waals surface area contributed by atoms with Crippen molar-refractivity contribution in [1.29, 1.82) is 5.26 Å². The minimum atomic E-state index is 0.172. The summed E-state index contributed by atoms with van der Waals surface area (Å²) < 4.78 is 0. The second-order valence-electron chi connectivity index (χ2n) is 4.62. The zero-order valence-corrected chi connectivity index (χ0v) is 11.1. The highest BCUT2D eigenvalue weighted by Gasteiger charge is 2.24. The van der Waals surface area contributed by atoms with Crippen molar-refractivity contribution in [2.24, 2.45) is 5.92 Å². The Morgan fingerprint density at radius 1 is 1.44 bits per heavy atom. The van der Waals surface area contributed by atoms with Crippen LogP contribution in [0.3, 0.4) is 0 Å². The Balaban J connectivity index is 2.18. The molecule has 0 aliphatic carbocycles. The normalized spacial score (nSPS) is 16.4. The lowest BCUT2D eigenvalue weighted by Gasteiger charge is -2.33. The van der Waals surface area contributed by atoms with Crippen molar-refractivity contribution in [3.8, 4) is 6.07 Å². The third kappa shape index (κ3) is 2.49.